The van der Waals surface area contributed by atoms with Crippen LogP contribution in [0, 0.1) is 29.6 Å². The lowest BCUT2D eigenvalue weighted by Gasteiger charge is -2.37. The Morgan fingerprint density at radius 2 is 1.63 bits per heavy atom. The molecule has 5 unspecified atom stereocenters. The summed E-state index contributed by atoms with van der Waals surface area (Å²) in [5.41, 5.74) is 8.53. The van der Waals surface area contributed by atoms with Gasteiger partial charge < -0.3 is 10.1 Å². The van der Waals surface area contributed by atoms with Crippen molar-refractivity contribution in [3.05, 3.63) is 81.4 Å². The number of benzene rings is 2. The lowest BCUT2D eigenvalue weighted by Crippen LogP contribution is -2.26. The molecule has 1 N–H and O–H groups in total. The van der Waals surface area contributed by atoms with Crippen molar-refractivity contribution < 1.29 is 22.7 Å². The van der Waals surface area contributed by atoms with Gasteiger partial charge in [-0.3, -0.25) is 4.79 Å². The number of anilines is 1. The molecule has 5 aliphatic rings. The number of halogens is 3. The fourth-order valence-corrected chi connectivity index (χ4v) is 10.1. The maximum atomic E-state index is 15.2. The van der Waals surface area contributed by atoms with Gasteiger partial charge in [0.25, 0.3) is 0 Å². The zero-order valence-electron chi connectivity index (χ0n) is 32.2. The summed E-state index contributed by atoms with van der Waals surface area (Å²) in [6.45, 7) is 11.0. The molecule has 2 aromatic carbocycles. The van der Waals surface area contributed by atoms with Crippen molar-refractivity contribution in [2.75, 3.05) is 11.9 Å². The summed E-state index contributed by atoms with van der Waals surface area (Å²) in [7, 11) is 0. The van der Waals surface area contributed by atoms with Gasteiger partial charge in [0.15, 0.2) is 0 Å². The molecule has 0 aliphatic heterocycles. The molecule has 0 saturated heterocycles. The minimum Gasteiger partial charge on any atom is -0.494 e. The van der Waals surface area contributed by atoms with Crippen LogP contribution in [0.2, 0.25) is 0 Å². The van der Waals surface area contributed by atoms with Crippen molar-refractivity contribution in [1.29, 1.82) is 0 Å². The highest BCUT2D eigenvalue weighted by Gasteiger charge is 2.46. The maximum Gasteiger partial charge on any atom is 0.417 e. The molecule has 5 atom stereocenters. The van der Waals surface area contributed by atoms with Gasteiger partial charge in [-0.1, -0.05) is 95.1 Å². The first-order valence-electron chi connectivity index (χ1n) is 20.3. The zero-order chi connectivity index (χ0) is 37.0. The van der Waals surface area contributed by atoms with Gasteiger partial charge in [-0.05, 0) is 139 Å². The van der Waals surface area contributed by atoms with E-state index in [9.17, 15) is 4.79 Å². The molecule has 5 aliphatic carbocycles. The van der Waals surface area contributed by atoms with E-state index in [1.165, 1.54) is 56.6 Å². The number of aryl methyl sites for hydroxylation is 1. The first-order chi connectivity index (χ1) is 25.0. The molecule has 3 fully saturated rings. The average Bonchev–Trinajstić information content (AvgIpc) is 3.74. The molecule has 2 bridgehead atoms. The molecule has 1 amide bonds. The molecule has 2 aromatic rings. The van der Waals surface area contributed by atoms with Crippen molar-refractivity contribution >= 4 is 22.7 Å². The fraction of sp³-hybridized carbons (Fsp3) is 0.587. The van der Waals surface area contributed by atoms with E-state index in [4.69, 9.17) is 4.74 Å². The second kappa shape index (κ2) is 16.8. The quantitative estimate of drug-likeness (QED) is 0.198. The second-order valence-corrected chi connectivity index (χ2v) is 16.4. The van der Waals surface area contributed by atoms with E-state index in [1.807, 2.05) is 30.3 Å². The van der Waals surface area contributed by atoms with Crippen LogP contribution in [0.1, 0.15) is 140 Å². The number of carbonyl (C=O) groups excluding carboxylic acids is 1. The van der Waals surface area contributed by atoms with Gasteiger partial charge in [0.1, 0.15) is 5.75 Å². The van der Waals surface area contributed by atoms with Crippen LogP contribution in [0.25, 0.3) is 11.1 Å². The van der Waals surface area contributed by atoms with Gasteiger partial charge in [-0.2, -0.15) is 13.2 Å². The highest BCUT2D eigenvalue weighted by atomic mass is 19.4. The monoisotopic (exact) mass is 715 g/mol. The molecule has 6 heteroatoms. The van der Waals surface area contributed by atoms with E-state index in [-0.39, 0.29) is 11.8 Å². The van der Waals surface area contributed by atoms with Crippen molar-refractivity contribution in [3.8, 4) is 5.75 Å². The number of fused-ring (bicyclic) bond motifs is 4. The van der Waals surface area contributed by atoms with Gasteiger partial charge in [0.05, 0.1) is 12.2 Å². The molecular formula is C46H60F3NO2. The first kappa shape index (κ1) is 38.4. The number of rotatable bonds is 14. The molecule has 3 saturated carbocycles. The van der Waals surface area contributed by atoms with Crippen LogP contribution >= 0.6 is 0 Å². The summed E-state index contributed by atoms with van der Waals surface area (Å²) in [6, 6.07) is 11.7. The Bertz CT molecular complexity index is 1680. The third-order valence-electron chi connectivity index (χ3n) is 12.8. The highest BCUT2D eigenvalue weighted by Crippen LogP contribution is 2.57. The van der Waals surface area contributed by atoms with Gasteiger partial charge in [-0.15, -0.1) is 0 Å². The van der Waals surface area contributed by atoms with E-state index >= 15 is 13.2 Å². The predicted octanol–water partition coefficient (Wildman–Crippen LogP) is 13.1. The van der Waals surface area contributed by atoms with Crippen LogP contribution in [0.5, 0.6) is 5.75 Å². The number of amides is 1. The third kappa shape index (κ3) is 8.57. The minimum absolute atomic E-state index is 0.0902. The van der Waals surface area contributed by atoms with Crippen LogP contribution < -0.4 is 10.1 Å². The van der Waals surface area contributed by atoms with Crippen LogP contribution in [0.3, 0.4) is 0 Å². The third-order valence-corrected chi connectivity index (χ3v) is 12.8. The van der Waals surface area contributed by atoms with Crippen LogP contribution in [-0.4, -0.2) is 18.7 Å². The minimum atomic E-state index is -4.40. The Kier molecular flexibility index (Phi) is 12.4. The number of alkyl halides is 3. The number of ether oxygens (including phenoxy) is 1. The Balaban J connectivity index is 1.05. The fourth-order valence-electron chi connectivity index (χ4n) is 10.1. The Hall–Kier alpha value is -3.28. The van der Waals surface area contributed by atoms with Crippen molar-refractivity contribution in [2.24, 2.45) is 29.6 Å². The summed E-state index contributed by atoms with van der Waals surface area (Å²) >= 11 is 0. The Labute approximate surface area is 310 Å². The van der Waals surface area contributed by atoms with Gasteiger partial charge in [0.2, 0.25) is 5.91 Å². The van der Waals surface area contributed by atoms with E-state index in [0.717, 1.165) is 90.6 Å². The summed E-state index contributed by atoms with van der Waals surface area (Å²) in [5, 5.41) is 2.79. The molecule has 0 heterocycles. The summed E-state index contributed by atoms with van der Waals surface area (Å²) in [4.78, 5) is 11.3. The second-order valence-electron chi connectivity index (χ2n) is 16.4. The summed E-state index contributed by atoms with van der Waals surface area (Å²) in [6.07, 6.45) is 13.4. The first-order valence-corrected chi connectivity index (χ1v) is 20.3. The molecule has 0 spiro atoms. The van der Waals surface area contributed by atoms with Gasteiger partial charge >= 0.3 is 6.18 Å². The summed E-state index contributed by atoms with van der Waals surface area (Å²) in [5.74, 6) is 2.73. The Morgan fingerprint density at radius 3 is 2.31 bits per heavy atom. The smallest absolute Gasteiger partial charge is 0.417 e. The van der Waals surface area contributed by atoms with E-state index in [1.54, 1.807) is 6.08 Å². The SMILES string of the molecule is CCC1=C(C)c2c(ccc3c2C(C(F)(F)F)=CC(=C2C4CCC2C4)C(C)CC3)CC1C(C)CCCCCCCCCOc1cccc(NC(C)=O)c1. The number of carbonyl (C=O) groups is 1. The van der Waals surface area contributed by atoms with Crippen LogP contribution in [0.4, 0.5) is 18.9 Å². The topological polar surface area (TPSA) is 38.3 Å². The molecular weight excluding hydrogens is 656 g/mol. The van der Waals surface area contributed by atoms with E-state index in [2.05, 4.69) is 39.1 Å². The molecule has 52 heavy (non-hydrogen) atoms. The van der Waals surface area contributed by atoms with E-state index in [0.29, 0.717) is 42.3 Å². The summed E-state index contributed by atoms with van der Waals surface area (Å²) < 4.78 is 51.5. The molecule has 3 nitrogen and oxygen atoms in total. The van der Waals surface area contributed by atoms with Crippen molar-refractivity contribution in [3.63, 3.8) is 0 Å². The molecule has 0 radical (unpaired) electrons. The van der Waals surface area contributed by atoms with E-state index < -0.39 is 11.7 Å². The number of hydrogen-bond donors (Lipinski definition) is 1. The predicted molar refractivity (Wildman–Crippen MR) is 208 cm³/mol. The maximum absolute atomic E-state index is 15.2. The van der Waals surface area contributed by atoms with Crippen LogP contribution in [0.15, 0.2) is 59.2 Å². The molecule has 7 rings (SSSR count). The van der Waals surface area contributed by atoms with Crippen LogP contribution in [-0.2, 0) is 17.6 Å². The standard InChI is InChI=1S/C46H60F3NO2/c1-6-39-31(4)43-36(21-20-33-19-18-30(3)41(44-34-22-23-35(44)25-34)28-42(45(33)43)46(47,48)49)26-40(39)29(2)15-12-10-8-7-9-11-13-24-52-38-17-14-16-37(27-38)50-32(5)51/h14,16-17,20-21,27-30,34-35,40H,6-13,15,18-19,22-26H2,1-5H3,(H,50,51). The van der Waals surface area contributed by atoms with Crippen molar-refractivity contribution in [1.82, 2.24) is 0 Å². The van der Waals surface area contributed by atoms with Gasteiger partial charge in [-0.25, -0.2) is 0 Å². The average molecular weight is 716 g/mol. The highest BCUT2D eigenvalue weighted by molar-refractivity contribution is 5.89. The Morgan fingerprint density at radius 1 is 0.942 bits per heavy atom. The normalized spacial score (nSPS) is 23.3. The largest absolute Gasteiger partial charge is 0.494 e. The number of unbranched alkanes of at least 4 members (excludes halogenated alkanes) is 6. The molecule has 282 valence electrons. The number of hydrogen-bond acceptors (Lipinski definition) is 2. The van der Waals surface area contributed by atoms with Crippen molar-refractivity contribution in [2.45, 2.75) is 137 Å². The number of allylic oxidation sites excluding steroid dienone is 6. The molecule has 0 aromatic heterocycles. The number of nitrogens with one attached hydrogen (secondary N) is 1. The zero-order valence-corrected chi connectivity index (χ0v) is 32.2. The van der Waals surface area contributed by atoms with Gasteiger partial charge in [0, 0.05) is 18.7 Å². The lowest BCUT2D eigenvalue weighted by molar-refractivity contribution is -0.114. The lowest BCUT2D eigenvalue weighted by atomic mass is 9.68.